The second-order valence-corrected chi connectivity index (χ2v) is 3.82. The highest BCUT2D eigenvalue weighted by molar-refractivity contribution is 7.03. The number of ether oxygens (including phenoxy) is 1. The van der Waals surface area contributed by atoms with E-state index in [2.05, 4.69) is 18.6 Å². The maximum atomic E-state index is 11.2. The van der Waals surface area contributed by atoms with Gasteiger partial charge in [-0.1, -0.05) is 33.5 Å². The van der Waals surface area contributed by atoms with Crippen molar-refractivity contribution in [3.8, 4) is 0 Å². The Labute approximate surface area is 76.5 Å². The summed E-state index contributed by atoms with van der Waals surface area (Å²) in [6, 6.07) is 0. The predicted molar refractivity (Wildman–Crippen MR) is 52.7 cm³/mol. The molecule has 0 saturated carbocycles. The molecule has 0 rings (SSSR count). The van der Waals surface area contributed by atoms with Crippen molar-refractivity contribution in [3.63, 3.8) is 0 Å². The van der Waals surface area contributed by atoms with E-state index in [4.69, 9.17) is 0 Å². The first kappa shape index (κ1) is 11.6. The zero-order chi connectivity index (χ0) is 9.78. The monoisotopic (exact) mass is 166 g/mol. The molecule has 0 aromatic carbocycles. The van der Waals surface area contributed by atoms with Crippen LogP contribution in [0.5, 0.6) is 0 Å². The fourth-order valence-corrected chi connectivity index (χ4v) is 0.764. The second-order valence-electron chi connectivity index (χ2n) is 3.82. The van der Waals surface area contributed by atoms with Crippen LogP contribution in [-0.4, -0.2) is 27.4 Å². The largest absolute Gasteiger partial charge is 0.469 e. The Balaban J connectivity index is 3.95. The molecule has 0 aliphatic heterocycles. The summed E-state index contributed by atoms with van der Waals surface area (Å²) in [5.41, 5.74) is 0. The van der Waals surface area contributed by atoms with Crippen LogP contribution in [0.15, 0.2) is 0 Å². The Bertz CT molecular complexity index is 155. The minimum Gasteiger partial charge on any atom is -0.469 e. The zero-order valence-corrected chi connectivity index (χ0v) is 8.55. The van der Waals surface area contributed by atoms with Crippen molar-refractivity contribution in [1.29, 1.82) is 0 Å². The quantitative estimate of drug-likeness (QED) is 0.467. The van der Waals surface area contributed by atoms with Crippen LogP contribution < -0.4 is 0 Å². The predicted octanol–water partition coefficient (Wildman–Crippen LogP) is 1.51. The molecule has 0 aliphatic rings. The van der Waals surface area contributed by atoms with Crippen molar-refractivity contribution in [1.82, 2.24) is 0 Å². The van der Waals surface area contributed by atoms with Gasteiger partial charge in [-0.05, 0) is 0 Å². The molecule has 0 bridgehead atoms. The van der Waals surface area contributed by atoms with E-state index < -0.39 is 5.31 Å². The minimum atomic E-state index is -0.501. The molecule has 2 radical (unpaired) electrons. The summed E-state index contributed by atoms with van der Waals surface area (Å²) in [6.07, 6.45) is 0. The second kappa shape index (κ2) is 4.58. The van der Waals surface area contributed by atoms with Crippen molar-refractivity contribution in [3.05, 3.63) is 0 Å². The first-order chi connectivity index (χ1) is 5.40. The molecule has 0 atom stereocenters. The standard InChI is InChI=1S/C8H16B2O2/c1-6(2)9-10-8(3,4)7(11)12-5/h6H,1-5H3. The highest BCUT2D eigenvalue weighted by Gasteiger charge is 2.28. The Hall–Kier alpha value is -0.400. The Morgan fingerprint density at radius 1 is 1.42 bits per heavy atom. The average molecular weight is 166 g/mol. The van der Waals surface area contributed by atoms with Gasteiger partial charge in [0.1, 0.15) is 0 Å². The average Bonchev–Trinajstić information content (AvgIpc) is 1.99. The normalized spacial score (nSPS) is 11.2. The van der Waals surface area contributed by atoms with Gasteiger partial charge in [-0.3, -0.25) is 4.79 Å². The molecule has 0 amide bonds. The molecule has 0 fully saturated rings. The molecule has 0 saturated heterocycles. The van der Waals surface area contributed by atoms with Crippen molar-refractivity contribution in [2.75, 3.05) is 7.11 Å². The Kier molecular flexibility index (Phi) is 4.43. The van der Waals surface area contributed by atoms with Crippen LogP contribution in [0.3, 0.4) is 0 Å². The summed E-state index contributed by atoms with van der Waals surface area (Å²) in [7, 11) is 5.31. The van der Waals surface area contributed by atoms with E-state index in [1.54, 1.807) is 0 Å². The van der Waals surface area contributed by atoms with Crippen molar-refractivity contribution >= 4 is 20.3 Å². The Morgan fingerprint density at radius 3 is 2.25 bits per heavy atom. The van der Waals surface area contributed by atoms with Gasteiger partial charge in [-0.15, -0.1) is 0 Å². The van der Waals surface area contributed by atoms with Crippen LogP contribution in [0.4, 0.5) is 0 Å². The van der Waals surface area contributed by atoms with Gasteiger partial charge in [0.05, 0.1) is 21.5 Å². The zero-order valence-electron chi connectivity index (χ0n) is 8.55. The fraction of sp³-hybridized carbons (Fsp3) is 0.875. The lowest BCUT2D eigenvalue weighted by Gasteiger charge is -2.21. The third-order valence-corrected chi connectivity index (χ3v) is 1.61. The molecule has 0 heterocycles. The van der Waals surface area contributed by atoms with Crippen molar-refractivity contribution in [2.45, 2.75) is 38.8 Å². The summed E-state index contributed by atoms with van der Waals surface area (Å²) < 4.78 is 4.66. The van der Waals surface area contributed by atoms with Crippen molar-refractivity contribution < 1.29 is 9.53 Å². The molecule has 0 unspecified atom stereocenters. The molecule has 0 N–H and O–H groups in total. The van der Waals surface area contributed by atoms with E-state index in [0.717, 1.165) is 0 Å². The molecule has 0 aromatic heterocycles. The summed E-state index contributed by atoms with van der Waals surface area (Å²) in [6.45, 7) is 7.84. The van der Waals surface area contributed by atoms with Gasteiger partial charge in [-0.25, -0.2) is 0 Å². The lowest BCUT2D eigenvalue weighted by molar-refractivity contribution is -0.143. The van der Waals surface area contributed by atoms with Gasteiger partial charge in [0.25, 0.3) is 0 Å². The molecule has 0 aliphatic carbocycles. The van der Waals surface area contributed by atoms with E-state index in [0.29, 0.717) is 5.82 Å². The van der Waals surface area contributed by atoms with Crippen LogP contribution in [0.25, 0.3) is 0 Å². The van der Waals surface area contributed by atoms with Gasteiger partial charge >= 0.3 is 5.97 Å². The molecule has 0 aromatic rings. The molecule has 0 spiro atoms. The molecule has 66 valence electrons. The summed E-state index contributed by atoms with van der Waals surface area (Å²) in [5, 5.41) is -0.501. The van der Waals surface area contributed by atoms with Gasteiger partial charge in [0, 0.05) is 5.31 Å². The van der Waals surface area contributed by atoms with Gasteiger partial charge < -0.3 is 4.74 Å². The topological polar surface area (TPSA) is 26.3 Å². The molecular formula is C8H16B2O2. The van der Waals surface area contributed by atoms with Gasteiger partial charge in [0.15, 0.2) is 0 Å². The number of esters is 1. The van der Waals surface area contributed by atoms with E-state index >= 15 is 0 Å². The number of carbonyl (C=O) groups is 1. The van der Waals surface area contributed by atoms with E-state index in [9.17, 15) is 4.79 Å². The SMILES string of the molecule is COC(=O)C(C)(C)[B][B]C(C)C. The fourth-order valence-electron chi connectivity index (χ4n) is 0.764. The summed E-state index contributed by atoms with van der Waals surface area (Å²) >= 11 is 0. The van der Waals surface area contributed by atoms with Gasteiger partial charge in [-0.2, -0.15) is 0 Å². The highest BCUT2D eigenvalue weighted by atomic mass is 16.5. The lowest BCUT2D eigenvalue weighted by atomic mass is 9.26. The maximum Gasteiger partial charge on any atom is 0.302 e. The first-order valence-corrected chi connectivity index (χ1v) is 4.18. The van der Waals surface area contributed by atoms with Crippen molar-refractivity contribution in [2.24, 2.45) is 0 Å². The van der Waals surface area contributed by atoms with Gasteiger partial charge in [0.2, 0.25) is 0 Å². The van der Waals surface area contributed by atoms with Crippen LogP contribution in [0.2, 0.25) is 11.1 Å². The number of rotatable bonds is 4. The summed E-state index contributed by atoms with van der Waals surface area (Å²) in [5.74, 6) is 0.272. The molecule has 4 heteroatoms. The van der Waals surface area contributed by atoms with E-state index in [-0.39, 0.29) is 5.97 Å². The van der Waals surface area contributed by atoms with Crippen LogP contribution >= 0.6 is 0 Å². The third-order valence-electron chi connectivity index (χ3n) is 1.61. The molecule has 12 heavy (non-hydrogen) atoms. The van der Waals surface area contributed by atoms with Crippen LogP contribution in [0, 0.1) is 0 Å². The smallest absolute Gasteiger partial charge is 0.302 e. The van der Waals surface area contributed by atoms with Crippen LogP contribution in [-0.2, 0) is 9.53 Å². The third kappa shape index (κ3) is 3.84. The number of hydrogen-bond donors (Lipinski definition) is 0. The molecular weight excluding hydrogens is 150 g/mol. The van der Waals surface area contributed by atoms with Crippen LogP contribution in [0.1, 0.15) is 27.7 Å². The minimum absolute atomic E-state index is 0.195. The first-order valence-electron chi connectivity index (χ1n) is 4.18. The number of methoxy groups -OCH3 is 1. The maximum absolute atomic E-state index is 11.2. The van der Waals surface area contributed by atoms with E-state index in [1.165, 1.54) is 7.11 Å². The Morgan fingerprint density at radius 2 is 1.92 bits per heavy atom. The highest BCUT2D eigenvalue weighted by Crippen LogP contribution is 2.24. The molecule has 2 nitrogen and oxygen atoms in total. The summed E-state index contributed by atoms with van der Waals surface area (Å²) in [4.78, 5) is 11.2. The number of carbonyl (C=O) groups excluding carboxylic acids is 1. The van der Waals surface area contributed by atoms with E-state index in [1.807, 2.05) is 28.2 Å². The number of hydrogen-bond acceptors (Lipinski definition) is 2. The lowest BCUT2D eigenvalue weighted by Crippen LogP contribution is -2.29.